The van der Waals surface area contributed by atoms with Crippen molar-refractivity contribution in [2.75, 3.05) is 13.2 Å². The number of aromatic nitrogens is 2. The van der Waals surface area contributed by atoms with E-state index in [4.69, 9.17) is 10.5 Å². The molecule has 0 aliphatic heterocycles. The molecule has 7 nitrogen and oxygen atoms in total. The van der Waals surface area contributed by atoms with Crippen LogP contribution in [0.3, 0.4) is 0 Å². The maximum Gasteiger partial charge on any atom is 0.258 e. The van der Waals surface area contributed by atoms with Crippen molar-refractivity contribution in [1.29, 1.82) is 0 Å². The smallest absolute Gasteiger partial charge is 0.258 e. The molecule has 0 bridgehead atoms. The van der Waals surface area contributed by atoms with Crippen molar-refractivity contribution in [3.8, 4) is 5.75 Å². The quantitative estimate of drug-likeness (QED) is 0.530. The Balaban J connectivity index is 1.30. The van der Waals surface area contributed by atoms with Crippen molar-refractivity contribution in [3.63, 3.8) is 0 Å². The fourth-order valence-corrected chi connectivity index (χ4v) is 4.31. The van der Waals surface area contributed by atoms with Gasteiger partial charge in [0, 0.05) is 36.0 Å². The number of ketones is 1. The Morgan fingerprint density at radius 3 is 2.80 bits per heavy atom. The zero-order chi connectivity index (χ0) is 24.2. The lowest BCUT2D eigenvalue weighted by atomic mass is 9.93. The van der Waals surface area contributed by atoms with Crippen LogP contribution in [0.5, 0.6) is 5.75 Å². The molecule has 0 saturated heterocycles. The summed E-state index contributed by atoms with van der Waals surface area (Å²) in [6.07, 6.45) is 9.66. The Bertz CT molecular complexity index is 1370. The van der Waals surface area contributed by atoms with Gasteiger partial charge in [0.2, 0.25) is 0 Å². The standard InChI is InChI=1S/C28H26N4O3/c29-11-12-35-27-8-4-7-20-13-21(14-25(20)27)24-15-23(9-10-26(24)33)31-28(34)22-16-30-32(18-22)17-19-5-2-1-3-6-19/h1-9,14-16,18H,10-13,17,29H2,(H,31,34). The minimum atomic E-state index is -0.262. The highest BCUT2D eigenvalue weighted by Crippen LogP contribution is 2.36. The normalized spacial score (nSPS) is 14.7. The summed E-state index contributed by atoms with van der Waals surface area (Å²) < 4.78 is 7.50. The van der Waals surface area contributed by atoms with Crippen LogP contribution in [0.25, 0.3) is 6.08 Å². The number of nitrogens with one attached hydrogen (secondary N) is 1. The molecule has 2 aromatic carbocycles. The number of carbonyl (C=O) groups excluding carboxylic acids is 2. The maximum atomic E-state index is 12.9. The third-order valence-electron chi connectivity index (χ3n) is 6.03. The summed E-state index contributed by atoms with van der Waals surface area (Å²) in [5.74, 6) is 0.534. The zero-order valence-electron chi connectivity index (χ0n) is 19.2. The molecule has 0 unspecified atom stereocenters. The molecule has 0 atom stereocenters. The molecular formula is C28H26N4O3. The second kappa shape index (κ2) is 9.95. The van der Waals surface area contributed by atoms with Crippen molar-refractivity contribution >= 4 is 17.8 Å². The first kappa shape index (κ1) is 22.6. The summed E-state index contributed by atoms with van der Waals surface area (Å²) in [5, 5.41) is 7.23. The highest BCUT2D eigenvalue weighted by Gasteiger charge is 2.25. The second-order valence-electron chi connectivity index (χ2n) is 8.52. The van der Waals surface area contributed by atoms with Gasteiger partial charge in [-0.1, -0.05) is 48.5 Å². The highest BCUT2D eigenvalue weighted by atomic mass is 16.5. The van der Waals surface area contributed by atoms with Gasteiger partial charge in [-0.05, 0) is 41.3 Å². The summed E-state index contributed by atoms with van der Waals surface area (Å²) in [4.78, 5) is 25.6. The van der Waals surface area contributed by atoms with E-state index in [1.54, 1.807) is 29.2 Å². The highest BCUT2D eigenvalue weighted by molar-refractivity contribution is 6.05. The Morgan fingerprint density at radius 1 is 1.11 bits per heavy atom. The van der Waals surface area contributed by atoms with Gasteiger partial charge in [-0.25, -0.2) is 0 Å². The molecule has 0 saturated carbocycles. The van der Waals surface area contributed by atoms with Crippen LogP contribution in [0.1, 0.15) is 33.5 Å². The fourth-order valence-electron chi connectivity index (χ4n) is 4.31. The molecule has 176 valence electrons. The van der Waals surface area contributed by atoms with Gasteiger partial charge in [0.25, 0.3) is 5.91 Å². The third-order valence-corrected chi connectivity index (χ3v) is 6.03. The monoisotopic (exact) mass is 466 g/mol. The number of allylic oxidation sites excluding steroid dienone is 4. The van der Waals surface area contributed by atoms with Gasteiger partial charge < -0.3 is 15.8 Å². The van der Waals surface area contributed by atoms with Crippen LogP contribution in [0.15, 0.2) is 89.9 Å². The van der Waals surface area contributed by atoms with Gasteiger partial charge in [-0.3, -0.25) is 14.3 Å². The lowest BCUT2D eigenvalue weighted by molar-refractivity contribution is -0.114. The van der Waals surface area contributed by atoms with E-state index in [0.717, 1.165) is 28.0 Å². The number of Topliss-reactive ketones (excluding diaryl/α,β-unsaturated/α-hetero) is 1. The number of rotatable bonds is 8. The molecule has 3 aromatic rings. The van der Waals surface area contributed by atoms with E-state index < -0.39 is 0 Å². The molecule has 5 rings (SSSR count). The van der Waals surface area contributed by atoms with Crippen LogP contribution in [-0.4, -0.2) is 34.6 Å². The Hall–Kier alpha value is -4.23. The third kappa shape index (κ3) is 5.00. The first-order valence-electron chi connectivity index (χ1n) is 11.6. The van der Waals surface area contributed by atoms with Crippen LogP contribution < -0.4 is 15.8 Å². The molecule has 35 heavy (non-hydrogen) atoms. The SMILES string of the molecule is NCCOc1cccc2c1C=C(C1=CC(NC(=O)c3cnn(Cc4ccccc4)c3)=CCC1=O)C2. The van der Waals surface area contributed by atoms with Crippen molar-refractivity contribution in [2.24, 2.45) is 5.73 Å². The number of hydrogen-bond donors (Lipinski definition) is 2. The lowest BCUT2D eigenvalue weighted by Crippen LogP contribution is -2.24. The average molecular weight is 467 g/mol. The van der Waals surface area contributed by atoms with Crippen LogP contribution in [0.2, 0.25) is 0 Å². The van der Waals surface area contributed by atoms with Gasteiger partial charge in [0.05, 0.1) is 18.3 Å². The average Bonchev–Trinajstić information content (AvgIpc) is 3.52. The Labute approximate surface area is 203 Å². The Morgan fingerprint density at radius 2 is 1.97 bits per heavy atom. The van der Waals surface area contributed by atoms with E-state index in [2.05, 4.69) is 10.4 Å². The number of fused-ring (bicyclic) bond motifs is 1. The number of nitrogens with zero attached hydrogens (tertiary/aromatic N) is 2. The number of amides is 1. The van der Waals surface area contributed by atoms with Crippen LogP contribution in [0, 0.1) is 0 Å². The summed E-state index contributed by atoms with van der Waals surface area (Å²) in [5.41, 5.74) is 11.4. The Kier molecular flexibility index (Phi) is 6.41. The number of nitrogens with two attached hydrogens (primary N) is 1. The molecule has 1 aromatic heterocycles. The molecule has 0 fully saturated rings. The van der Waals surface area contributed by atoms with Crippen molar-refractivity contribution in [3.05, 3.63) is 112 Å². The molecular weight excluding hydrogens is 440 g/mol. The van der Waals surface area contributed by atoms with Gasteiger partial charge in [-0.2, -0.15) is 5.10 Å². The zero-order valence-corrected chi connectivity index (χ0v) is 19.2. The maximum absolute atomic E-state index is 12.9. The summed E-state index contributed by atoms with van der Waals surface area (Å²) in [7, 11) is 0. The molecule has 0 radical (unpaired) electrons. The molecule has 1 heterocycles. The van der Waals surface area contributed by atoms with Crippen LogP contribution in [0.4, 0.5) is 0 Å². The fraction of sp³-hybridized carbons (Fsp3) is 0.179. The first-order chi connectivity index (χ1) is 17.1. The van der Waals surface area contributed by atoms with E-state index in [1.165, 1.54) is 0 Å². The molecule has 7 heteroatoms. The van der Waals surface area contributed by atoms with Crippen LogP contribution >= 0.6 is 0 Å². The minimum Gasteiger partial charge on any atom is -0.492 e. The molecule has 2 aliphatic rings. The number of ether oxygens (including phenoxy) is 1. The van der Waals surface area contributed by atoms with E-state index in [1.807, 2.05) is 54.6 Å². The van der Waals surface area contributed by atoms with Gasteiger partial charge in [0.15, 0.2) is 5.78 Å². The van der Waals surface area contributed by atoms with Crippen molar-refractivity contribution in [1.82, 2.24) is 15.1 Å². The van der Waals surface area contributed by atoms with Gasteiger partial charge >= 0.3 is 0 Å². The lowest BCUT2D eigenvalue weighted by Gasteiger charge is -2.14. The first-order valence-corrected chi connectivity index (χ1v) is 11.6. The summed E-state index contributed by atoms with van der Waals surface area (Å²) in [6, 6.07) is 15.8. The van der Waals surface area contributed by atoms with E-state index in [9.17, 15) is 9.59 Å². The topological polar surface area (TPSA) is 99.2 Å². The number of hydrogen-bond acceptors (Lipinski definition) is 5. The molecule has 0 spiro atoms. The predicted molar refractivity (Wildman–Crippen MR) is 134 cm³/mol. The number of carbonyl (C=O) groups is 2. The molecule has 2 aliphatic carbocycles. The van der Waals surface area contributed by atoms with Crippen molar-refractivity contribution < 1.29 is 14.3 Å². The molecule has 1 amide bonds. The van der Waals surface area contributed by atoms with Crippen LogP contribution in [-0.2, 0) is 17.8 Å². The van der Waals surface area contributed by atoms with E-state index in [0.29, 0.717) is 43.0 Å². The van der Waals surface area contributed by atoms with Crippen molar-refractivity contribution in [2.45, 2.75) is 19.4 Å². The predicted octanol–water partition coefficient (Wildman–Crippen LogP) is 3.42. The van der Waals surface area contributed by atoms with Gasteiger partial charge in [-0.15, -0.1) is 0 Å². The summed E-state index contributed by atoms with van der Waals surface area (Å²) in [6.45, 7) is 1.45. The molecule has 3 N–H and O–H groups in total. The second-order valence-corrected chi connectivity index (χ2v) is 8.52. The number of benzene rings is 2. The minimum absolute atomic E-state index is 0.0298. The van der Waals surface area contributed by atoms with E-state index in [-0.39, 0.29) is 18.1 Å². The largest absolute Gasteiger partial charge is 0.492 e. The van der Waals surface area contributed by atoms with Gasteiger partial charge in [0.1, 0.15) is 12.4 Å². The summed E-state index contributed by atoms with van der Waals surface area (Å²) >= 11 is 0. The van der Waals surface area contributed by atoms with E-state index >= 15 is 0 Å².